The van der Waals surface area contributed by atoms with Crippen molar-refractivity contribution in [3.63, 3.8) is 0 Å². The summed E-state index contributed by atoms with van der Waals surface area (Å²) in [5.41, 5.74) is 8.59. The zero-order chi connectivity index (χ0) is 24.4. The van der Waals surface area contributed by atoms with E-state index < -0.39 is 0 Å². The minimum Gasteiger partial charge on any atom is -0.457 e. The zero-order valence-corrected chi connectivity index (χ0v) is 19.5. The maximum Gasteiger partial charge on any atom is 0.260 e. The van der Waals surface area contributed by atoms with Crippen LogP contribution in [0, 0.1) is 0 Å². The van der Waals surface area contributed by atoms with Gasteiger partial charge in [-0.3, -0.25) is 9.80 Å². The van der Waals surface area contributed by atoms with E-state index in [0.717, 1.165) is 47.5 Å². The summed E-state index contributed by atoms with van der Waals surface area (Å²) in [4.78, 5) is 20.9. The van der Waals surface area contributed by atoms with Gasteiger partial charge in [-0.05, 0) is 55.3 Å². The topological polar surface area (TPSA) is 102 Å². The van der Waals surface area contributed by atoms with E-state index in [1.807, 2.05) is 64.3 Å². The Labute approximate surface area is 203 Å². The zero-order valence-electron chi connectivity index (χ0n) is 19.5. The first-order valence-electron chi connectivity index (χ1n) is 11.5. The molecular formula is C26H27N7O2. The number of hydrazine groups is 1. The molecule has 3 heterocycles. The van der Waals surface area contributed by atoms with Crippen LogP contribution in [0.25, 0.3) is 22.3 Å². The van der Waals surface area contributed by atoms with Crippen molar-refractivity contribution in [1.29, 1.82) is 0 Å². The number of para-hydroxylation sites is 1. The largest absolute Gasteiger partial charge is 0.457 e. The number of hydrogen-bond donors (Lipinski definition) is 1. The van der Waals surface area contributed by atoms with Crippen LogP contribution in [0.15, 0.2) is 73.6 Å². The number of anilines is 1. The van der Waals surface area contributed by atoms with Gasteiger partial charge in [0, 0.05) is 25.7 Å². The van der Waals surface area contributed by atoms with E-state index in [1.165, 1.54) is 12.4 Å². The van der Waals surface area contributed by atoms with Gasteiger partial charge < -0.3 is 10.5 Å². The molecule has 1 saturated heterocycles. The molecule has 9 heteroatoms. The second-order valence-corrected chi connectivity index (χ2v) is 8.46. The quantitative estimate of drug-likeness (QED) is 0.425. The fourth-order valence-corrected chi connectivity index (χ4v) is 4.44. The molecule has 178 valence electrons. The molecule has 0 aliphatic carbocycles. The third kappa shape index (κ3) is 4.45. The number of nitrogen functional groups attached to an aromatic ring is 1. The predicted octanol–water partition coefficient (Wildman–Crippen LogP) is 4.06. The van der Waals surface area contributed by atoms with E-state index in [-0.39, 0.29) is 11.9 Å². The molecule has 0 bridgehead atoms. The Bertz CT molecular complexity index is 1350. The highest BCUT2D eigenvalue weighted by molar-refractivity contribution is 5.98. The van der Waals surface area contributed by atoms with Crippen LogP contribution < -0.4 is 10.5 Å². The van der Waals surface area contributed by atoms with Crippen LogP contribution in [0.1, 0.15) is 18.9 Å². The standard InChI is InChI=1S/C26H27N7O2/c1-3-22(34)31(2)32-15-7-8-19(16-32)33-26-23(25(27)28-17-29-26)24(30-33)18-11-13-21(14-12-18)35-20-9-5-4-6-10-20/h3-6,9-14,17,19H,1,7-8,15-16H2,2H3,(H2,27,28,29)/t19-/m1/s1. The van der Waals surface area contributed by atoms with Gasteiger partial charge in [-0.15, -0.1) is 0 Å². The Morgan fingerprint density at radius 1 is 1.14 bits per heavy atom. The van der Waals surface area contributed by atoms with Crippen molar-refractivity contribution >= 4 is 22.8 Å². The van der Waals surface area contributed by atoms with E-state index in [1.54, 1.807) is 12.1 Å². The predicted molar refractivity (Wildman–Crippen MR) is 134 cm³/mol. The number of carbonyl (C=O) groups excluding carboxylic acids is 1. The molecule has 4 aromatic rings. The van der Waals surface area contributed by atoms with Gasteiger partial charge in [0.25, 0.3) is 5.91 Å². The molecule has 1 amide bonds. The normalized spacial score (nSPS) is 16.2. The van der Waals surface area contributed by atoms with Crippen molar-refractivity contribution in [3.05, 3.63) is 73.6 Å². The highest BCUT2D eigenvalue weighted by atomic mass is 16.5. The first kappa shape index (κ1) is 22.5. The summed E-state index contributed by atoms with van der Waals surface area (Å²) in [6.45, 7) is 5.01. The fraction of sp³-hybridized carbons (Fsp3) is 0.231. The molecule has 1 atom stereocenters. The first-order valence-corrected chi connectivity index (χ1v) is 11.5. The Hall–Kier alpha value is -4.24. The maximum absolute atomic E-state index is 12.1. The lowest BCUT2D eigenvalue weighted by molar-refractivity contribution is -0.142. The molecule has 1 aliphatic rings. The van der Waals surface area contributed by atoms with Gasteiger partial charge >= 0.3 is 0 Å². The number of likely N-dealkylation sites (N-methyl/N-ethyl adjacent to an activating group) is 1. The lowest BCUT2D eigenvalue weighted by atomic mass is 10.1. The van der Waals surface area contributed by atoms with Crippen molar-refractivity contribution in [2.75, 3.05) is 25.9 Å². The van der Waals surface area contributed by atoms with Crippen molar-refractivity contribution < 1.29 is 9.53 Å². The maximum atomic E-state index is 12.1. The van der Waals surface area contributed by atoms with Gasteiger partial charge in [-0.1, -0.05) is 24.8 Å². The highest BCUT2D eigenvalue weighted by Crippen LogP contribution is 2.35. The number of carbonyl (C=O) groups is 1. The second kappa shape index (κ2) is 9.55. The Morgan fingerprint density at radius 3 is 2.63 bits per heavy atom. The lowest BCUT2D eigenvalue weighted by Gasteiger charge is -2.38. The van der Waals surface area contributed by atoms with Crippen LogP contribution in [0.2, 0.25) is 0 Å². The van der Waals surface area contributed by atoms with E-state index in [4.69, 9.17) is 15.6 Å². The summed E-state index contributed by atoms with van der Waals surface area (Å²) < 4.78 is 7.85. The number of hydrogen-bond acceptors (Lipinski definition) is 7. The van der Waals surface area contributed by atoms with Gasteiger partial charge in [0.1, 0.15) is 29.3 Å². The van der Waals surface area contributed by atoms with Crippen LogP contribution in [0.3, 0.4) is 0 Å². The minimum atomic E-state index is -0.138. The van der Waals surface area contributed by atoms with Crippen LogP contribution in [0.5, 0.6) is 11.5 Å². The van der Waals surface area contributed by atoms with Crippen LogP contribution in [-0.4, -0.2) is 55.8 Å². The molecule has 35 heavy (non-hydrogen) atoms. The molecule has 0 radical (unpaired) electrons. The molecule has 1 fully saturated rings. The monoisotopic (exact) mass is 469 g/mol. The van der Waals surface area contributed by atoms with Crippen molar-refractivity contribution in [2.24, 2.45) is 0 Å². The van der Waals surface area contributed by atoms with Crippen LogP contribution in [-0.2, 0) is 4.79 Å². The second-order valence-electron chi connectivity index (χ2n) is 8.46. The summed E-state index contributed by atoms with van der Waals surface area (Å²) in [5, 5.41) is 9.31. The summed E-state index contributed by atoms with van der Waals surface area (Å²) >= 11 is 0. The van der Waals surface area contributed by atoms with E-state index in [0.29, 0.717) is 18.0 Å². The van der Waals surface area contributed by atoms with Gasteiger partial charge in [-0.25, -0.2) is 19.7 Å². The van der Waals surface area contributed by atoms with Crippen molar-refractivity contribution in [3.8, 4) is 22.8 Å². The number of fused-ring (bicyclic) bond motifs is 1. The molecule has 2 aromatic carbocycles. The number of nitrogens with two attached hydrogens (primary N) is 1. The number of ether oxygens (including phenoxy) is 1. The van der Waals surface area contributed by atoms with Gasteiger partial charge in [0.15, 0.2) is 5.65 Å². The Kier molecular flexibility index (Phi) is 6.15. The minimum absolute atomic E-state index is 0.0232. The van der Waals surface area contributed by atoms with Gasteiger partial charge in [0.05, 0.1) is 11.4 Å². The van der Waals surface area contributed by atoms with E-state index in [9.17, 15) is 4.79 Å². The first-order chi connectivity index (χ1) is 17.0. The SMILES string of the molecule is C=CC(=O)N(C)N1CCC[C@@H](n2nc(-c3ccc(Oc4ccccc4)cc3)c3c(N)ncnc32)C1. The summed E-state index contributed by atoms with van der Waals surface area (Å²) in [6, 6.07) is 17.4. The molecule has 9 nitrogen and oxygen atoms in total. The van der Waals surface area contributed by atoms with Crippen LogP contribution >= 0.6 is 0 Å². The van der Waals surface area contributed by atoms with Crippen molar-refractivity contribution in [2.45, 2.75) is 18.9 Å². The summed E-state index contributed by atoms with van der Waals surface area (Å²) in [5.74, 6) is 1.74. The number of rotatable bonds is 6. The Morgan fingerprint density at radius 2 is 1.89 bits per heavy atom. The summed E-state index contributed by atoms with van der Waals surface area (Å²) in [7, 11) is 1.76. The third-order valence-corrected chi connectivity index (χ3v) is 6.26. The average molecular weight is 470 g/mol. The molecule has 0 spiro atoms. The molecule has 0 saturated carbocycles. The molecule has 1 aliphatic heterocycles. The molecular weight excluding hydrogens is 442 g/mol. The average Bonchev–Trinajstić information content (AvgIpc) is 3.30. The Balaban J connectivity index is 1.48. The fourth-order valence-electron chi connectivity index (χ4n) is 4.44. The number of nitrogens with zero attached hydrogens (tertiary/aromatic N) is 6. The van der Waals surface area contributed by atoms with Gasteiger partial charge in [-0.2, -0.15) is 5.10 Å². The number of benzene rings is 2. The molecule has 5 rings (SSSR count). The number of piperidine rings is 1. The van der Waals surface area contributed by atoms with E-state index >= 15 is 0 Å². The van der Waals surface area contributed by atoms with E-state index in [2.05, 4.69) is 16.5 Å². The number of amides is 1. The number of aromatic nitrogens is 4. The van der Waals surface area contributed by atoms with Gasteiger partial charge in [0.2, 0.25) is 0 Å². The molecule has 2 N–H and O–H groups in total. The lowest BCUT2D eigenvalue weighted by Crippen LogP contribution is -2.48. The third-order valence-electron chi connectivity index (χ3n) is 6.26. The van der Waals surface area contributed by atoms with Crippen LogP contribution in [0.4, 0.5) is 5.82 Å². The molecule has 2 aromatic heterocycles. The van der Waals surface area contributed by atoms with Crippen molar-refractivity contribution in [1.82, 2.24) is 29.8 Å². The smallest absolute Gasteiger partial charge is 0.260 e. The highest BCUT2D eigenvalue weighted by Gasteiger charge is 2.29. The summed E-state index contributed by atoms with van der Waals surface area (Å²) in [6.07, 6.45) is 4.62. The molecule has 0 unspecified atom stereocenters.